The first-order valence-corrected chi connectivity index (χ1v) is 11.7. The van der Waals surface area contributed by atoms with Crippen LogP contribution in [0.4, 0.5) is 0 Å². The topological polar surface area (TPSA) is 55.7 Å². The molecule has 31 heavy (non-hydrogen) atoms. The van der Waals surface area contributed by atoms with Crippen LogP contribution in [-0.4, -0.2) is 23.9 Å². The van der Waals surface area contributed by atoms with Gasteiger partial charge in [-0.1, -0.05) is 53.2 Å². The molecule has 4 heteroatoms. The van der Waals surface area contributed by atoms with E-state index in [1.54, 1.807) is 0 Å². The molecule has 0 radical (unpaired) electrons. The van der Waals surface area contributed by atoms with Crippen LogP contribution < -0.4 is 4.74 Å². The third-order valence-electron chi connectivity index (χ3n) is 6.84. The van der Waals surface area contributed by atoms with Crippen molar-refractivity contribution in [2.45, 2.75) is 79.1 Å². The summed E-state index contributed by atoms with van der Waals surface area (Å²) in [5.41, 5.74) is 3.50. The summed E-state index contributed by atoms with van der Waals surface area (Å²) in [7, 11) is 0. The van der Waals surface area contributed by atoms with E-state index in [-0.39, 0.29) is 34.2 Å². The van der Waals surface area contributed by atoms with Gasteiger partial charge in [0.1, 0.15) is 11.5 Å². The number of ketones is 2. The van der Waals surface area contributed by atoms with E-state index in [0.29, 0.717) is 19.4 Å². The maximum absolute atomic E-state index is 13.3. The fraction of sp³-hybridized carbons (Fsp3) is 0.593. The number of carbonyl (C=O) groups is 2. The average molecular weight is 422 g/mol. The molecule has 1 heterocycles. The van der Waals surface area contributed by atoms with E-state index in [2.05, 4.69) is 34.6 Å². The Bertz CT molecular complexity index is 949. The number of hydrogen-bond acceptors (Lipinski definition) is 4. The first-order valence-electron chi connectivity index (χ1n) is 11.7. The third kappa shape index (κ3) is 4.40. The van der Waals surface area contributed by atoms with Gasteiger partial charge in [0.05, 0.1) is 12.5 Å². The molecule has 0 amide bonds. The van der Waals surface area contributed by atoms with Gasteiger partial charge >= 0.3 is 0 Å². The van der Waals surface area contributed by atoms with Crippen molar-refractivity contribution in [1.29, 1.82) is 0 Å². The Morgan fingerprint density at radius 3 is 2.29 bits per heavy atom. The average Bonchev–Trinajstić information content (AvgIpc) is 2.65. The molecule has 1 unspecified atom stereocenters. The van der Waals surface area contributed by atoms with E-state index in [1.807, 2.05) is 24.3 Å². The summed E-state index contributed by atoms with van der Waals surface area (Å²) in [4.78, 5) is 31.6. The second-order valence-corrected chi connectivity index (χ2v) is 11.1. The lowest BCUT2D eigenvalue weighted by Gasteiger charge is -2.44. The second kappa shape index (κ2) is 8.03. The Kier molecular flexibility index (Phi) is 5.70. The van der Waals surface area contributed by atoms with Crippen LogP contribution >= 0.6 is 0 Å². The smallest absolute Gasteiger partial charge is 0.161 e. The van der Waals surface area contributed by atoms with Gasteiger partial charge in [0.2, 0.25) is 0 Å². The van der Waals surface area contributed by atoms with Gasteiger partial charge in [0.25, 0.3) is 0 Å². The van der Waals surface area contributed by atoms with Crippen molar-refractivity contribution in [3.05, 3.63) is 41.1 Å². The van der Waals surface area contributed by atoms with Gasteiger partial charge in [-0.15, -0.1) is 0 Å². The van der Waals surface area contributed by atoms with Crippen LogP contribution in [0.2, 0.25) is 0 Å². The van der Waals surface area contributed by atoms with Gasteiger partial charge in [0.15, 0.2) is 5.78 Å². The maximum Gasteiger partial charge on any atom is 0.161 e. The van der Waals surface area contributed by atoms with Crippen molar-refractivity contribution < 1.29 is 14.3 Å². The van der Waals surface area contributed by atoms with Crippen LogP contribution in [0.5, 0.6) is 5.75 Å². The van der Waals surface area contributed by atoms with Crippen LogP contribution in [0, 0.1) is 16.7 Å². The number of nitrogens with zero attached hydrogens (tertiary/aromatic N) is 1. The maximum atomic E-state index is 13.3. The zero-order valence-electron chi connectivity index (χ0n) is 19.6. The number of allylic oxidation sites excluding steroid dienone is 2. The van der Waals surface area contributed by atoms with E-state index in [0.717, 1.165) is 54.0 Å². The highest BCUT2D eigenvalue weighted by molar-refractivity contribution is 6.13. The first kappa shape index (κ1) is 22.0. The SMILES string of the molecule is CCCCOc1ccc([C@H]2C3=C(CC(C)(C)CC3=O)N=C3CC(C)(C)CC(=O)C32)cc1. The molecule has 1 aliphatic heterocycles. The summed E-state index contributed by atoms with van der Waals surface area (Å²) < 4.78 is 5.83. The molecule has 0 bridgehead atoms. The molecule has 4 nitrogen and oxygen atoms in total. The molecule has 1 aromatic rings. The number of fused-ring (bicyclic) bond motifs is 1. The highest BCUT2D eigenvalue weighted by Crippen LogP contribution is 2.51. The van der Waals surface area contributed by atoms with Crippen molar-refractivity contribution in [3.63, 3.8) is 0 Å². The number of unbranched alkanes of at least 4 members (excludes halogenated alkanes) is 1. The fourth-order valence-corrected chi connectivity index (χ4v) is 5.48. The number of carbonyl (C=O) groups excluding carboxylic acids is 2. The van der Waals surface area contributed by atoms with Crippen molar-refractivity contribution in [2.24, 2.45) is 21.7 Å². The molecule has 2 aliphatic carbocycles. The number of ether oxygens (including phenoxy) is 1. The number of aliphatic imine (C=N–C) groups is 1. The molecule has 1 aromatic carbocycles. The Balaban J connectivity index is 1.75. The van der Waals surface area contributed by atoms with Crippen LogP contribution in [0.25, 0.3) is 0 Å². The predicted molar refractivity (Wildman–Crippen MR) is 124 cm³/mol. The highest BCUT2D eigenvalue weighted by Gasteiger charge is 2.49. The van der Waals surface area contributed by atoms with Crippen molar-refractivity contribution >= 4 is 17.3 Å². The quantitative estimate of drug-likeness (QED) is 0.544. The standard InChI is InChI=1S/C27H35NO3/c1-6-7-12-31-18-10-8-17(9-11-18)23-24-19(13-26(2,3)15-21(24)29)28-20-14-27(4,5)16-22(30)25(20)23/h8-11,23-24H,6-7,12-16H2,1-5H3/t23-,24?/m1/s1. The molecular weight excluding hydrogens is 386 g/mol. The second-order valence-electron chi connectivity index (χ2n) is 11.1. The molecule has 2 atom stereocenters. The van der Waals surface area contributed by atoms with Gasteiger partial charge in [0, 0.05) is 35.7 Å². The molecule has 0 spiro atoms. The Hall–Kier alpha value is -2.23. The van der Waals surface area contributed by atoms with Crippen LogP contribution in [0.1, 0.15) is 84.6 Å². The zero-order valence-corrected chi connectivity index (χ0v) is 19.6. The molecule has 0 N–H and O–H groups in total. The lowest BCUT2D eigenvalue weighted by molar-refractivity contribution is -0.124. The minimum Gasteiger partial charge on any atom is -0.494 e. The largest absolute Gasteiger partial charge is 0.494 e. The number of Topliss-reactive ketones (excluding diaryl/α,β-unsaturated/α-hetero) is 2. The van der Waals surface area contributed by atoms with Gasteiger partial charge in [-0.25, -0.2) is 0 Å². The summed E-state index contributed by atoms with van der Waals surface area (Å²) >= 11 is 0. The first-order chi connectivity index (χ1) is 14.6. The minimum atomic E-state index is -0.316. The van der Waals surface area contributed by atoms with E-state index in [9.17, 15) is 9.59 Å². The highest BCUT2D eigenvalue weighted by atomic mass is 16.5. The normalized spacial score (nSPS) is 26.8. The van der Waals surface area contributed by atoms with Crippen molar-refractivity contribution in [3.8, 4) is 5.75 Å². The number of rotatable bonds is 5. The zero-order chi connectivity index (χ0) is 22.4. The molecule has 1 saturated carbocycles. The van der Waals surface area contributed by atoms with Crippen LogP contribution in [0.3, 0.4) is 0 Å². The van der Waals surface area contributed by atoms with Gasteiger partial charge in [-0.3, -0.25) is 14.6 Å². The molecule has 1 fully saturated rings. The summed E-state index contributed by atoms with van der Waals surface area (Å²) in [6.45, 7) is 11.4. The van der Waals surface area contributed by atoms with E-state index in [1.165, 1.54) is 0 Å². The summed E-state index contributed by atoms with van der Waals surface area (Å²) in [5.74, 6) is 0.666. The van der Waals surface area contributed by atoms with E-state index >= 15 is 0 Å². The molecule has 166 valence electrons. The van der Waals surface area contributed by atoms with Crippen LogP contribution in [0.15, 0.2) is 40.5 Å². The van der Waals surface area contributed by atoms with E-state index in [4.69, 9.17) is 9.73 Å². The van der Waals surface area contributed by atoms with Crippen molar-refractivity contribution in [2.75, 3.05) is 6.61 Å². The minimum absolute atomic E-state index is 0.0831. The van der Waals surface area contributed by atoms with Crippen LogP contribution in [-0.2, 0) is 9.59 Å². The van der Waals surface area contributed by atoms with Gasteiger partial charge < -0.3 is 4.74 Å². The third-order valence-corrected chi connectivity index (χ3v) is 6.84. The van der Waals surface area contributed by atoms with Crippen molar-refractivity contribution in [1.82, 2.24) is 0 Å². The van der Waals surface area contributed by atoms with Gasteiger partial charge in [-0.2, -0.15) is 0 Å². The molecule has 3 aliphatic rings. The fourth-order valence-electron chi connectivity index (χ4n) is 5.48. The Labute approximate surface area is 186 Å². The molecule has 0 aromatic heterocycles. The summed E-state index contributed by atoms with van der Waals surface area (Å²) in [5, 5.41) is 0. The van der Waals surface area contributed by atoms with Gasteiger partial charge in [-0.05, 0) is 47.8 Å². The monoisotopic (exact) mass is 421 g/mol. The molecule has 0 saturated heterocycles. The number of hydrogen-bond donors (Lipinski definition) is 0. The summed E-state index contributed by atoms with van der Waals surface area (Å²) in [6.07, 6.45) is 4.76. The Morgan fingerprint density at radius 1 is 0.935 bits per heavy atom. The molecular formula is C27H35NO3. The lowest BCUT2D eigenvalue weighted by Crippen LogP contribution is -2.45. The summed E-state index contributed by atoms with van der Waals surface area (Å²) in [6, 6.07) is 8.04. The Morgan fingerprint density at radius 2 is 1.61 bits per heavy atom. The number of benzene rings is 1. The predicted octanol–water partition coefficient (Wildman–Crippen LogP) is 6.05. The lowest BCUT2D eigenvalue weighted by atomic mass is 9.60. The molecule has 4 rings (SSSR count). The van der Waals surface area contributed by atoms with E-state index < -0.39 is 0 Å².